The molecule has 108 valence electrons. The van der Waals surface area contributed by atoms with Crippen LogP contribution in [0.4, 0.5) is 0 Å². The fraction of sp³-hybridized carbons (Fsp3) is 1.00. The molecule has 0 atom stereocenters. The van der Waals surface area contributed by atoms with Gasteiger partial charge in [-0.25, -0.2) is 0 Å². The lowest BCUT2D eigenvalue weighted by Crippen LogP contribution is -2.58. The van der Waals surface area contributed by atoms with E-state index in [0.717, 1.165) is 12.8 Å². The second-order valence-corrected chi connectivity index (χ2v) is 10.9. The number of rotatable bonds is 7. The molecule has 0 aliphatic heterocycles. The molecule has 0 bridgehead atoms. The van der Waals surface area contributed by atoms with E-state index in [2.05, 4.69) is 0 Å². The summed E-state index contributed by atoms with van der Waals surface area (Å²) in [5, 5.41) is 0. The van der Waals surface area contributed by atoms with Crippen LogP contribution in [0, 0.1) is 0 Å². The quantitative estimate of drug-likeness (QED) is 0.675. The zero-order chi connectivity index (χ0) is 13.6. The lowest BCUT2D eigenvalue weighted by Gasteiger charge is -2.39. The summed E-state index contributed by atoms with van der Waals surface area (Å²) in [6, 6.07) is 0. The van der Waals surface area contributed by atoms with E-state index >= 15 is 0 Å². The fourth-order valence-electron chi connectivity index (χ4n) is 2.46. The lowest BCUT2D eigenvalue weighted by molar-refractivity contribution is 0.0796. The Bertz CT molecular complexity index is 238. The highest BCUT2D eigenvalue weighted by Crippen LogP contribution is 2.39. The van der Waals surface area contributed by atoms with Gasteiger partial charge in [0.1, 0.15) is 0 Å². The van der Waals surface area contributed by atoms with Gasteiger partial charge in [0.05, 0.1) is 0 Å². The maximum Gasteiger partial charge on any atom is 0.496 e. The molecule has 0 radical (unpaired) electrons. The molecule has 7 heteroatoms. The number of hydrogen-bond acceptors (Lipinski definition) is 5. The Morgan fingerprint density at radius 3 is 1.67 bits per heavy atom. The third-order valence-corrected chi connectivity index (χ3v) is 10.6. The SMILES string of the molecule is CO[Si](C)(OC)O[Si](OC)(OC)C1CCCCC1. The Morgan fingerprint density at radius 1 is 0.778 bits per heavy atom. The van der Waals surface area contributed by atoms with E-state index in [4.69, 9.17) is 21.8 Å². The monoisotopic (exact) mass is 294 g/mol. The van der Waals surface area contributed by atoms with Crippen LogP contribution < -0.4 is 0 Å². The highest BCUT2D eigenvalue weighted by atomic mass is 28.5. The zero-order valence-corrected chi connectivity index (χ0v) is 14.2. The van der Waals surface area contributed by atoms with Crippen molar-refractivity contribution in [3.05, 3.63) is 0 Å². The minimum absolute atomic E-state index is 0.360. The zero-order valence-electron chi connectivity index (χ0n) is 12.2. The van der Waals surface area contributed by atoms with Crippen LogP contribution >= 0.6 is 0 Å². The third-order valence-electron chi connectivity index (χ3n) is 3.74. The highest BCUT2D eigenvalue weighted by molar-refractivity contribution is 6.75. The first kappa shape index (κ1) is 16.3. The minimum Gasteiger partial charge on any atom is -0.377 e. The van der Waals surface area contributed by atoms with Gasteiger partial charge in [0.2, 0.25) is 0 Å². The summed E-state index contributed by atoms with van der Waals surface area (Å²) in [5.74, 6) is 0. The van der Waals surface area contributed by atoms with E-state index in [1.54, 1.807) is 28.4 Å². The van der Waals surface area contributed by atoms with E-state index in [9.17, 15) is 0 Å². The Balaban J connectivity index is 2.84. The van der Waals surface area contributed by atoms with Crippen LogP contribution in [0.3, 0.4) is 0 Å². The van der Waals surface area contributed by atoms with Crippen molar-refractivity contribution in [2.45, 2.75) is 44.2 Å². The van der Waals surface area contributed by atoms with Gasteiger partial charge in [-0.2, -0.15) is 0 Å². The average molecular weight is 294 g/mol. The van der Waals surface area contributed by atoms with Gasteiger partial charge < -0.3 is 21.8 Å². The molecule has 1 aliphatic rings. The first-order chi connectivity index (χ1) is 8.55. The van der Waals surface area contributed by atoms with Crippen molar-refractivity contribution in [2.24, 2.45) is 0 Å². The summed E-state index contributed by atoms with van der Waals surface area (Å²) in [5.41, 5.74) is 0.360. The second-order valence-electron chi connectivity index (χ2n) is 4.72. The summed E-state index contributed by atoms with van der Waals surface area (Å²) in [6.07, 6.45) is 5.93. The van der Waals surface area contributed by atoms with Crippen LogP contribution in [0.15, 0.2) is 0 Å². The van der Waals surface area contributed by atoms with Gasteiger partial charge in [0.15, 0.2) is 0 Å². The molecule has 1 fully saturated rings. The molecule has 0 N–H and O–H groups in total. The average Bonchev–Trinajstić information content (AvgIpc) is 2.45. The van der Waals surface area contributed by atoms with Gasteiger partial charge in [-0.3, -0.25) is 0 Å². The highest BCUT2D eigenvalue weighted by Gasteiger charge is 2.54. The molecule has 0 aromatic rings. The molecular weight excluding hydrogens is 268 g/mol. The van der Waals surface area contributed by atoms with E-state index < -0.39 is 17.6 Å². The Kier molecular flexibility index (Phi) is 6.45. The topological polar surface area (TPSA) is 46.2 Å². The summed E-state index contributed by atoms with van der Waals surface area (Å²) in [7, 11) is 1.21. The van der Waals surface area contributed by atoms with Gasteiger partial charge in [0.25, 0.3) is 0 Å². The maximum absolute atomic E-state index is 6.15. The molecule has 18 heavy (non-hydrogen) atoms. The molecule has 0 aromatic heterocycles. The van der Waals surface area contributed by atoms with Crippen LogP contribution in [0.5, 0.6) is 0 Å². The maximum atomic E-state index is 6.15. The van der Waals surface area contributed by atoms with Gasteiger partial charge >= 0.3 is 17.6 Å². The summed E-state index contributed by atoms with van der Waals surface area (Å²) in [6.45, 7) is 1.87. The van der Waals surface area contributed by atoms with Crippen molar-refractivity contribution in [3.63, 3.8) is 0 Å². The van der Waals surface area contributed by atoms with E-state index in [1.807, 2.05) is 6.55 Å². The molecule has 0 spiro atoms. The standard InChI is InChI=1S/C11H26O5Si2/c1-12-17(5,13-2)16-18(14-3,15-4)11-9-7-6-8-10-11/h11H,6-10H2,1-5H3. The van der Waals surface area contributed by atoms with Gasteiger partial charge in [-0.1, -0.05) is 19.3 Å². The van der Waals surface area contributed by atoms with Crippen LogP contribution in [0.1, 0.15) is 32.1 Å². The third kappa shape index (κ3) is 3.63. The Hall–Kier alpha value is 0.234. The summed E-state index contributed by atoms with van der Waals surface area (Å²) in [4.78, 5) is 0. The van der Waals surface area contributed by atoms with E-state index in [-0.39, 0.29) is 0 Å². The van der Waals surface area contributed by atoms with Crippen molar-refractivity contribution in [2.75, 3.05) is 28.4 Å². The van der Waals surface area contributed by atoms with Crippen molar-refractivity contribution >= 4 is 17.6 Å². The van der Waals surface area contributed by atoms with E-state index in [1.165, 1.54) is 19.3 Å². The molecule has 0 unspecified atom stereocenters. The van der Waals surface area contributed by atoms with Gasteiger partial charge in [-0.05, 0) is 12.8 Å². The molecule has 1 aliphatic carbocycles. The van der Waals surface area contributed by atoms with Gasteiger partial charge in [-0.15, -0.1) is 0 Å². The molecule has 5 nitrogen and oxygen atoms in total. The molecule has 0 saturated heterocycles. The Labute approximate surface area is 112 Å². The molecule has 0 aromatic carbocycles. The Morgan fingerprint density at radius 2 is 1.28 bits per heavy atom. The van der Waals surface area contributed by atoms with Crippen LogP contribution in [-0.4, -0.2) is 46.0 Å². The first-order valence-electron chi connectivity index (χ1n) is 6.46. The molecular formula is C11H26O5Si2. The van der Waals surface area contributed by atoms with Crippen LogP contribution in [0.2, 0.25) is 12.1 Å². The molecule has 0 amide bonds. The smallest absolute Gasteiger partial charge is 0.377 e. The van der Waals surface area contributed by atoms with Crippen molar-refractivity contribution in [1.29, 1.82) is 0 Å². The molecule has 1 saturated carbocycles. The minimum atomic E-state index is -2.71. The van der Waals surface area contributed by atoms with Crippen molar-refractivity contribution in [1.82, 2.24) is 0 Å². The predicted molar refractivity (Wildman–Crippen MR) is 73.3 cm³/mol. The normalized spacial score (nSPS) is 19.2. The summed E-state index contributed by atoms with van der Waals surface area (Å²) >= 11 is 0. The fourth-order valence-corrected chi connectivity index (χ4v) is 8.65. The van der Waals surface area contributed by atoms with Gasteiger partial charge in [0, 0.05) is 40.5 Å². The van der Waals surface area contributed by atoms with Crippen molar-refractivity contribution < 1.29 is 21.8 Å². The van der Waals surface area contributed by atoms with Crippen LogP contribution in [0.25, 0.3) is 0 Å². The first-order valence-corrected chi connectivity index (χ1v) is 10.5. The molecule has 1 rings (SSSR count). The van der Waals surface area contributed by atoms with Crippen LogP contribution in [-0.2, 0) is 21.8 Å². The summed E-state index contributed by atoms with van der Waals surface area (Å²) < 4.78 is 28.4. The van der Waals surface area contributed by atoms with Crippen molar-refractivity contribution in [3.8, 4) is 0 Å². The largest absolute Gasteiger partial charge is 0.496 e. The second kappa shape index (κ2) is 7.13. The molecule has 0 heterocycles. The predicted octanol–water partition coefficient (Wildman–Crippen LogP) is 2.43. The lowest BCUT2D eigenvalue weighted by atomic mass is 10.0. The number of hydrogen-bond donors (Lipinski definition) is 0. The van der Waals surface area contributed by atoms with E-state index in [0.29, 0.717) is 5.54 Å².